The molecule has 28 heavy (non-hydrogen) atoms. The number of amides is 1. The van der Waals surface area contributed by atoms with Crippen molar-refractivity contribution in [3.63, 3.8) is 0 Å². The number of hydrogen-bond acceptors (Lipinski definition) is 3. The van der Waals surface area contributed by atoms with Gasteiger partial charge in [0.05, 0.1) is 13.0 Å². The van der Waals surface area contributed by atoms with E-state index in [-0.39, 0.29) is 5.91 Å². The van der Waals surface area contributed by atoms with Gasteiger partial charge in [-0.2, -0.15) is 0 Å². The van der Waals surface area contributed by atoms with Crippen molar-refractivity contribution in [3.05, 3.63) is 95.6 Å². The van der Waals surface area contributed by atoms with E-state index in [2.05, 4.69) is 0 Å². The molecule has 0 spiro atoms. The Morgan fingerprint density at radius 2 is 1.54 bits per heavy atom. The highest BCUT2D eigenvalue weighted by Gasteiger charge is 2.47. The number of methoxy groups -OCH3 is 1. The number of anilines is 1. The lowest BCUT2D eigenvalue weighted by Crippen LogP contribution is -2.50. The van der Waals surface area contributed by atoms with Gasteiger partial charge in [-0.05, 0) is 41.3 Å². The minimum atomic E-state index is -1.45. The summed E-state index contributed by atoms with van der Waals surface area (Å²) in [5.74, 6) is -0.0272. The summed E-state index contributed by atoms with van der Waals surface area (Å²) >= 11 is 0. The molecule has 0 bridgehead atoms. The molecule has 0 saturated heterocycles. The van der Waals surface area contributed by atoms with Crippen molar-refractivity contribution < 1.29 is 14.6 Å². The van der Waals surface area contributed by atoms with Gasteiger partial charge in [0.1, 0.15) is 11.4 Å². The molecule has 3 aromatic rings. The molecule has 4 rings (SSSR count). The number of ether oxygens (including phenoxy) is 1. The van der Waals surface area contributed by atoms with Crippen molar-refractivity contribution in [1.82, 2.24) is 0 Å². The van der Waals surface area contributed by atoms with Crippen molar-refractivity contribution in [2.75, 3.05) is 19.1 Å². The summed E-state index contributed by atoms with van der Waals surface area (Å²) in [5, 5.41) is 12.1. The summed E-state index contributed by atoms with van der Waals surface area (Å²) in [6.07, 6.45) is 0.469. The average Bonchev–Trinajstić information content (AvgIpc) is 2.76. The predicted molar refractivity (Wildman–Crippen MR) is 109 cm³/mol. The molecule has 0 radical (unpaired) electrons. The molecule has 4 nitrogen and oxygen atoms in total. The number of nitrogens with zero attached hydrogens (tertiary/aromatic N) is 1. The molecule has 0 fully saturated rings. The number of benzene rings is 3. The first-order chi connectivity index (χ1) is 13.6. The molecule has 3 aromatic carbocycles. The average molecular weight is 373 g/mol. The lowest BCUT2D eigenvalue weighted by molar-refractivity contribution is -0.130. The Hall–Kier alpha value is -3.11. The molecule has 1 aliphatic rings. The van der Waals surface area contributed by atoms with Crippen LogP contribution in [-0.2, 0) is 16.8 Å². The highest BCUT2D eigenvalue weighted by Crippen LogP contribution is 2.43. The maximum Gasteiger partial charge on any atom is 0.233 e. The van der Waals surface area contributed by atoms with Gasteiger partial charge in [0, 0.05) is 12.7 Å². The molecule has 1 aliphatic heterocycles. The molecule has 142 valence electrons. The van der Waals surface area contributed by atoms with Crippen LogP contribution in [0.4, 0.5) is 5.69 Å². The Morgan fingerprint density at radius 1 is 0.929 bits per heavy atom. The Balaban J connectivity index is 1.88. The zero-order valence-corrected chi connectivity index (χ0v) is 16.0. The second-order valence-electron chi connectivity index (χ2n) is 7.14. The summed E-state index contributed by atoms with van der Waals surface area (Å²) < 4.78 is 5.26. The van der Waals surface area contributed by atoms with Crippen molar-refractivity contribution >= 4 is 11.6 Å². The predicted octanol–water partition coefficient (Wildman–Crippen LogP) is 3.77. The number of hydrogen-bond donors (Lipinski definition) is 1. The van der Waals surface area contributed by atoms with Gasteiger partial charge in [-0.15, -0.1) is 0 Å². The fourth-order valence-corrected chi connectivity index (χ4v) is 4.10. The molecule has 2 unspecified atom stereocenters. The number of para-hydroxylation sites is 1. The van der Waals surface area contributed by atoms with E-state index in [0.717, 1.165) is 11.3 Å². The van der Waals surface area contributed by atoms with Crippen molar-refractivity contribution in [1.29, 1.82) is 0 Å². The van der Waals surface area contributed by atoms with Crippen molar-refractivity contribution in [3.8, 4) is 5.75 Å². The van der Waals surface area contributed by atoms with Gasteiger partial charge in [0.2, 0.25) is 5.91 Å². The van der Waals surface area contributed by atoms with E-state index in [0.29, 0.717) is 23.3 Å². The van der Waals surface area contributed by atoms with Crippen LogP contribution in [0.5, 0.6) is 5.75 Å². The van der Waals surface area contributed by atoms with Crippen LogP contribution >= 0.6 is 0 Å². The van der Waals surface area contributed by atoms with Gasteiger partial charge < -0.3 is 14.7 Å². The fourth-order valence-electron chi connectivity index (χ4n) is 4.10. The van der Waals surface area contributed by atoms with Crippen LogP contribution in [0.15, 0.2) is 78.9 Å². The smallest absolute Gasteiger partial charge is 0.233 e. The minimum absolute atomic E-state index is 0.0964. The lowest BCUT2D eigenvalue weighted by atomic mass is 9.71. The Kier molecular flexibility index (Phi) is 4.65. The fraction of sp³-hybridized carbons (Fsp3) is 0.208. The molecular formula is C24H23NO3. The maximum atomic E-state index is 13.3. The van der Waals surface area contributed by atoms with E-state index >= 15 is 0 Å². The zero-order valence-electron chi connectivity index (χ0n) is 16.0. The normalized spacial score (nSPS) is 18.3. The molecule has 0 aromatic heterocycles. The number of fused-ring (bicyclic) bond motifs is 1. The molecule has 1 amide bonds. The summed E-state index contributed by atoms with van der Waals surface area (Å²) in [7, 11) is 3.38. The zero-order chi connectivity index (χ0) is 19.7. The third kappa shape index (κ3) is 2.86. The lowest BCUT2D eigenvalue weighted by Gasteiger charge is -2.41. The van der Waals surface area contributed by atoms with Crippen LogP contribution in [0.2, 0.25) is 0 Å². The maximum absolute atomic E-state index is 13.3. The number of rotatable bonds is 4. The van der Waals surface area contributed by atoms with E-state index in [1.54, 1.807) is 19.1 Å². The largest absolute Gasteiger partial charge is 0.497 e. The van der Waals surface area contributed by atoms with Crippen LogP contribution in [0, 0.1) is 5.92 Å². The Bertz CT molecular complexity index is 984. The third-order valence-electron chi connectivity index (χ3n) is 5.65. The SMILES string of the molecule is COc1ccc(C(O)(c2ccccc2)C2Cc3ccccc3N(C)C2=O)cc1. The van der Waals surface area contributed by atoms with Crippen LogP contribution in [0.3, 0.4) is 0 Å². The molecule has 2 atom stereocenters. The van der Waals surface area contributed by atoms with Crippen LogP contribution in [-0.4, -0.2) is 25.2 Å². The van der Waals surface area contributed by atoms with Gasteiger partial charge >= 0.3 is 0 Å². The van der Waals surface area contributed by atoms with E-state index in [4.69, 9.17) is 4.74 Å². The quantitative estimate of drug-likeness (QED) is 0.757. The van der Waals surface area contributed by atoms with Crippen molar-refractivity contribution in [2.45, 2.75) is 12.0 Å². The first-order valence-electron chi connectivity index (χ1n) is 9.33. The van der Waals surface area contributed by atoms with Crippen LogP contribution in [0.1, 0.15) is 16.7 Å². The van der Waals surface area contributed by atoms with Gasteiger partial charge in [-0.25, -0.2) is 0 Å². The molecular weight excluding hydrogens is 350 g/mol. The molecule has 0 aliphatic carbocycles. The van der Waals surface area contributed by atoms with E-state index in [9.17, 15) is 9.90 Å². The van der Waals surface area contributed by atoms with Crippen LogP contribution < -0.4 is 9.64 Å². The highest BCUT2D eigenvalue weighted by molar-refractivity contribution is 5.98. The number of carbonyl (C=O) groups is 1. The summed E-state index contributed by atoms with van der Waals surface area (Å²) in [6.45, 7) is 0. The first-order valence-corrected chi connectivity index (χ1v) is 9.33. The van der Waals surface area contributed by atoms with Gasteiger partial charge in [0.25, 0.3) is 0 Å². The topological polar surface area (TPSA) is 49.8 Å². The summed E-state index contributed by atoms with van der Waals surface area (Å²) in [4.78, 5) is 15.0. The monoisotopic (exact) mass is 373 g/mol. The molecule has 1 heterocycles. The highest BCUT2D eigenvalue weighted by atomic mass is 16.5. The molecule has 0 saturated carbocycles. The molecule has 4 heteroatoms. The molecule has 1 N–H and O–H groups in total. The standard InChI is InChI=1S/C24H23NO3/c1-25-22-11-7-6-8-17(22)16-21(23(25)26)24(27,18-9-4-3-5-10-18)19-12-14-20(28-2)15-13-19/h3-15,21,27H,16H2,1-2H3. The minimum Gasteiger partial charge on any atom is -0.497 e. The second kappa shape index (κ2) is 7.13. The van der Waals surface area contributed by atoms with E-state index in [1.807, 2.05) is 78.9 Å². The Morgan fingerprint density at radius 3 is 2.21 bits per heavy atom. The van der Waals surface area contributed by atoms with Crippen LogP contribution in [0.25, 0.3) is 0 Å². The van der Waals surface area contributed by atoms with E-state index in [1.165, 1.54) is 0 Å². The number of carbonyl (C=O) groups excluding carboxylic acids is 1. The second-order valence-corrected chi connectivity index (χ2v) is 7.14. The van der Waals surface area contributed by atoms with E-state index < -0.39 is 11.5 Å². The van der Waals surface area contributed by atoms with Gasteiger partial charge in [-0.1, -0.05) is 60.7 Å². The van der Waals surface area contributed by atoms with Crippen molar-refractivity contribution in [2.24, 2.45) is 5.92 Å². The number of aliphatic hydroxyl groups is 1. The summed E-state index contributed by atoms with van der Waals surface area (Å²) in [5.41, 5.74) is 1.87. The Labute approximate surface area is 165 Å². The van der Waals surface area contributed by atoms with Gasteiger partial charge in [-0.3, -0.25) is 4.79 Å². The summed E-state index contributed by atoms with van der Waals surface area (Å²) in [6, 6.07) is 24.6. The first kappa shape index (κ1) is 18.3. The third-order valence-corrected chi connectivity index (χ3v) is 5.65. The van der Waals surface area contributed by atoms with Gasteiger partial charge in [0.15, 0.2) is 0 Å².